The Morgan fingerprint density at radius 3 is 2.16 bits per heavy atom. The molecule has 7 rings (SSSR count). The van der Waals surface area contributed by atoms with E-state index in [1.54, 1.807) is 46.8 Å². The molecule has 1 saturated heterocycles. The summed E-state index contributed by atoms with van der Waals surface area (Å²) < 4.78 is 24.4. The summed E-state index contributed by atoms with van der Waals surface area (Å²) in [5, 5.41) is 4.12. The van der Waals surface area contributed by atoms with Crippen LogP contribution in [0.15, 0.2) is 90.1 Å². The first-order valence-electron chi connectivity index (χ1n) is 16.5. The number of aromatic nitrogens is 2. The molecule has 50 heavy (non-hydrogen) atoms. The number of hydrogen-bond donors (Lipinski definition) is 1. The molecule has 3 heterocycles. The Bertz CT molecular complexity index is 2100. The number of methoxy groups -OCH3 is 2. The van der Waals surface area contributed by atoms with Gasteiger partial charge in [-0.15, -0.1) is 0 Å². The zero-order chi connectivity index (χ0) is 35.0. The van der Waals surface area contributed by atoms with Crippen molar-refractivity contribution in [3.05, 3.63) is 112 Å². The molecule has 256 valence electrons. The fraction of sp³-hybridized carbons (Fsp3) is 0.282. The predicted molar refractivity (Wildman–Crippen MR) is 188 cm³/mol. The largest absolute Gasteiger partial charge is 0.496 e. The number of ether oxygens (including phenoxy) is 4. The second-order valence-corrected chi connectivity index (χ2v) is 12.6. The molecule has 1 amide bonds. The second-order valence-electron chi connectivity index (χ2n) is 12.6. The molecular formula is C39H38N4O7. The van der Waals surface area contributed by atoms with Crippen molar-refractivity contribution in [2.45, 2.75) is 24.9 Å². The van der Waals surface area contributed by atoms with Crippen molar-refractivity contribution in [3.63, 3.8) is 0 Å². The minimum absolute atomic E-state index is 0.108. The maximum absolute atomic E-state index is 13.3. The number of likely N-dealkylation sites (tertiary alicyclic amines) is 1. The van der Waals surface area contributed by atoms with Crippen molar-refractivity contribution in [2.75, 3.05) is 40.5 Å². The van der Waals surface area contributed by atoms with Crippen LogP contribution >= 0.6 is 0 Å². The number of carbonyl (C=O) groups excluding carboxylic acids is 2. The zero-order valence-electron chi connectivity index (χ0n) is 28.4. The van der Waals surface area contributed by atoms with Gasteiger partial charge in [-0.2, -0.15) is 0 Å². The molecule has 0 bridgehead atoms. The van der Waals surface area contributed by atoms with E-state index in [0.29, 0.717) is 23.4 Å². The van der Waals surface area contributed by atoms with Crippen LogP contribution in [-0.2, 0) is 27.9 Å². The van der Waals surface area contributed by atoms with E-state index < -0.39 is 17.6 Å². The van der Waals surface area contributed by atoms with Crippen LogP contribution in [0.4, 0.5) is 4.79 Å². The third-order valence-corrected chi connectivity index (χ3v) is 9.62. The molecule has 1 fully saturated rings. The molecule has 1 N–H and O–H groups in total. The number of rotatable bonds is 10. The van der Waals surface area contributed by atoms with Crippen LogP contribution < -0.4 is 20.3 Å². The summed E-state index contributed by atoms with van der Waals surface area (Å²) in [5.41, 5.74) is 5.46. The molecule has 3 aromatic carbocycles. The third kappa shape index (κ3) is 5.73. The summed E-state index contributed by atoms with van der Waals surface area (Å²) in [6.45, 7) is 2.80. The highest BCUT2D eigenvalue weighted by molar-refractivity contribution is 5.96. The van der Waals surface area contributed by atoms with Crippen LogP contribution in [-0.4, -0.2) is 72.6 Å². The lowest BCUT2D eigenvalue weighted by Crippen LogP contribution is -2.74. The normalized spacial score (nSPS) is 14.7. The molecule has 1 aliphatic heterocycles. The lowest BCUT2D eigenvalue weighted by molar-refractivity contribution is -0.159. The second kappa shape index (κ2) is 13.3. The molecular weight excluding hydrogens is 636 g/mol. The van der Waals surface area contributed by atoms with E-state index in [4.69, 9.17) is 18.9 Å². The van der Waals surface area contributed by atoms with Gasteiger partial charge in [-0.05, 0) is 58.3 Å². The number of nitrogens with zero attached hydrogens (tertiary/aromatic N) is 3. The molecule has 1 aliphatic carbocycles. The maximum atomic E-state index is 13.3. The van der Waals surface area contributed by atoms with E-state index in [1.807, 2.05) is 47.4 Å². The first-order valence-corrected chi connectivity index (χ1v) is 16.5. The molecule has 0 saturated carbocycles. The zero-order valence-corrected chi connectivity index (χ0v) is 28.4. The molecule has 0 atom stereocenters. The van der Waals surface area contributed by atoms with Gasteiger partial charge in [-0.25, -0.2) is 9.59 Å². The maximum Gasteiger partial charge on any atom is 0.408 e. The molecule has 0 spiro atoms. The summed E-state index contributed by atoms with van der Waals surface area (Å²) in [6, 6.07) is 21.9. The van der Waals surface area contributed by atoms with Gasteiger partial charge in [0.15, 0.2) is 5.54 Å². The number of nitrogens with one attached hydrogen (secondary N) is 1. The Morgan fingerprint density at radius 2 is 1.54 bits per heavy atom. The van der Waals surface area contributed by atoms with Gasteiger partial charge in [0.05, 0.1) is 31.8 Å². The predicted octanol–water partition coefficient (Wildman–Crippen LogP) is 5.27. The summed E-state index contributed by atoms with van der Waals surface area (Å²) in [6.07, 6.45) is 4.33. The van der Waals surface area contributed by atoms with Crippen molar-refractivity contribution in [1.29, 1.82) is 0 Å². The Balaban J connectivity index is 1.09. The standard InChI is InChI=1S/C39H38N4O7/c1-5-49-37(45)39(41-38(46)50-21-33-27-12-8-6-10-25(27)26-11-7-9-13-28(26)33)22-43(23-39)20-32-34(47-3)16-24(17-35(32)48-4)31-19-42(2)36(44)30-18-40-15-14-29(30)31/h6-19,33H,5,20-23H2,1-4H3,(H,41,46). The molecule has 0 radical (unpaired) electrons. The van der Waals surface area contributed by atoms with E-state index in [-0.39, 0.29) is 37.8 Å². The average molecular weight is 675 g/mol. The Labute approximate surface area is 289 Å². The van der Waals surface area contributed by atoms with E-state index in [1.165, 1.54) is 4.57 Å². The average Bonchev–Trinajstić information content (AvgIpc) is 3.44. The first-order chi connectivity index (χ1) is 24.3. The number of alkyl carbamates (subject to hydrolysis) is 1. The van der Waals surface area contributed by atoms with E-state index in [9.17, 15) is 14.4 Å². The molecule has 11 heteroatoms. The highest BCUT2D eigenvalue weighted by Gasteiger charge is 2.52. The SMILES string of the molecule is CCOC(=O)C1(NC(=O)OCC2c3ccccc3-c3ccccc32)CN(Cc2c(OC)cc(-c3cn(C)c(=O)c4cnccc34)cc2OC)C1. The van der Waals surface area contributed by atoms with Crippen molar-refractivity contribution < 1.29 is 28.5 Å². The van der Waals surface area contributed by atoms with Crippen LogP contribution in [0, 0.1) is 0 Å². The van der Waals surface area contributed by atoms with E-state index in [0.717, 1.165) is 44.3 Å². The number of esters is 1. The van der Waals surface area contributed by atoms with Crippen LogP contribution in [0.3, 0.4) is 0 Å². The molecule has 11 nitrogen and oxygen atoms in total. The lowest BCUT2D eigenvalue weighted by Gasteiger charge is -2.48. The number of pyridine rings is 2. The smallest absolute Gasteiger partial charge is 0.408 e. The van der Waals surface area contributed by atoms with Crippen molar-refractivity contribution in [2.24, 2.45) is 7.05 Å². The summed E-state index contributed by atoms with van der Waals surface area (Å²) in [4.78, 5) is 45.5. The third-order valence-electron chi connectivity index (χ3n) is 9.62. The van der Waals surface area contributed by atoms with Crippen LogP contribution in [0.1, 0.15) is 29.5 Å². The summed E-state index contributed by atoms with van der Waals surface area (Å²) in [7, 11) is 4.88. The van der Waals surface area contributed by atoms with E-state index in [2.05, 4.69) is 34.6 Å². The number of fused-ring (bicyclic) bond motifs is 4. The van der Waals surface area contributed by atoms with E-state index >= 15 is 0 Å². The van der Waals surface area contributed by atoms with Gasteiger partial charge in [0.2, 0.25) is 0 Å². The van der Waals surface area contributed by atoms with Gasteiger partial charge in [0.1, 0.15) is 18.1 Å². The Hall–Kier alpha value is -5.68. The first kappa shape index (κ1) is 32.8. The van der Waals surface area contributed by atoms with Crippen LogP contribution in [0.25, 0.3) is 33.0 Å². The highest BCUT2D eigenvalue weighted by Crippen LogP contribution is 2.45. The monoisotopic (exact) mass is 674 g/mol. The number of benzene rings is 3. The fourth-order valence-corrected chi connectivity index (χ4v) is 7.25. The van der Waals surface area contributed by atoms with Gasteiger partial charge in [0.25, 0.3) is 5.56 Å². The lowest BCUT2D eigenvalue weighted by atomic mass is 9.89. The topological polar surface area (TPSA) is 121 Å². The highest BCUT2D eigenvalue weighted by atomic mass is 16.6. The fourth-order valence-electron chi connectivity index (χ4n) is 7.25. The van der Waals surface area contributed by atoms with Crippen molar-refractivity contribution >= 4 is 22.8 Å². The molecule has 2 aliphatic rings. The number of hydrogen-bond acceptors (Lipinski definition) is 9. The van der Waals surface area contributed by atoms with Gasteiger partial charge in [-0.3, -0.25) is 14.7 Å². The van der Waals surface area contributed by atoms with Crippen LogP contribution in [0.2, 0.25) is 0 Å². The number of amides is 1. The van der Waals surface area contributed by atoms with Gasteiger partial charge >= 0.3 is 12.1 Å². The Kier molecular flexibility index (Phi) is 8.75. The minimum atomic E-state index is -1.28. The number of aryl methyl sites for hydroxylation is 1. The molecule has 2 aromatic heterocycles. The minimum Gasteiger partial charge on any atom is -0.496 e. The van der Waals surface area contributed by atoms with Gasteiger partial charge in [0, 0.05) is 56.8 Å². The Morgan fingerprint density at radius 1 is 0.900 bits per heavy atom. The van der Waals surface area contributed by atoms with Crippen molar-refractivity contribution in [3.8, 4) is 33.8 Å². The van der Waals surface area contributed by atoms with Crippen molar-refractivity contribution in [1.82, 2.24) is 19.8 Å². The van der Waals surface area contributed by atoms with Crippen LogP contribution in [0.5, 0.6) is 11.5 Å². The van der Waals surface area contributed by atoms with Gasteiger partial charge in [-0.1, -0.05) is 48.5 Å². The number of carbonyl (C=O) groups is 2. The van der Waals surface area contributed by atoms with Gasteiger partial charge < -0.3 is 28.8 Å². The summed E-state index contributed by atoms with van der Waals surface area (Å²) in [5.74, 6) is 0.528. The molecule has 0 unspecified atom stereocenters. The summed E-state index contributed by atoms with van der Waals surface area (Å²) >= 11 is 0. The quantitative estimate of drug-likeness (QED) is 0.198. The molecule has 5 aromatic rings.